The van der Waals surface area contributed by atoms with Gasteiger partial charge in [-0.25, -0.2) is 4.39 Å². The van der Waals surface area contributed by atoms with Crippen LogP contribution in [-0.4, -0.2) is 22.5 Å². The fourth-order valence-electron chi connectivity index (χ4n) is 2.61. The summed E-state index contributed by atoms with van der Waals surface area (Å²) in [6.45, 7) is 0.479. The molecule has 0 atom stereocenters. The number of benzene rings is 1. The lowest BCUT2D eigenvalue weighted by atomic mass is 9.95. The normalized spacial score (nSPS) is 22.7. The summed E-state index contributed by atoms with van der Waals surface area (Å²) >= 11 is 1.92. The molecule has 0 amide bonds. The maximum atomic E-state index is 13.3. The molecule has 1 fully saturated rings. The monoisotopic (exact) mass is 298 g/mol. The van der Waals surface area contributed by atoms with E-state index in [4.69, 9.17) is 0 Å². The fourth-order valence-corrected chi connectivity index (χ4v) is 3.35. The third-order valence-corrected chi connectivity index (χ3v) is 4.89. The molecule has 0 spiro atoms. The number of hydrogen-bond acceptors (Lipinski definition) is 4. The molecule has 0 aliphatic heterocycles. The summed E-state index contributed by atoms with van der Waals surface area (Å²) in [5.74, 6) is -0.554. The molecule has 1 aromatic carbocycles. The quantitative estimate of drug-likeness (QED) is 0.668. The standard InChI is InChI=1S/C14H19FN2O2S/c1-20-14-4-2-12(3-5-14)16-9-10-6-11(15)8-13(7-10)17(18)19/h6-8,12,14,16H,2-5,9H2,1H3. The molecule has 1 aliphatic carbocycles. The molecule has 0 radical (unpaired) electrons. The van der Waals surface area contributed by atoms with E-state index in [9.17, 15) is 14.5 Å². The number of halogens is 1. The van der Waals surface area contributed by atoms with Gasteiger partial charge in [0.2, 0.25) is 0 Å². The number of rotatable bonds is 5. The Morgan fingerprint density at radius 1 is 1.35 bits per heavy atom. The average molecular weight is 298 g/mol. The number of hydrogen-bond donors (Lipinski definition) is 1. The van der Waals surface area contributed by atoms with Crippen LogP contribution in [0.5, 0.6) is 0 Å². The van der Waals surface area contributed by atoms with Crippen LogP contribution in [0.4, 0.5) is 10.1 Å². The van der Waals surface area contributed by atoms with E-state index in [0.29, 0.717) is 18.2 Å². The third-order valence-electron chi connectivity index (χ3n) is 3.76. The summed E-state index contributed by atoms with van der Waals surface area (Å²) in [5, 5.41) is 14.8. The molecule has 1 saturated carbocycles. The Morgan fingerprint density at radius 2 is 2.05 bits per heavy atom. The van der Waals surface area contributed by atoms with Gasteiger partial charge >= 0.3 is 0 Å². The zero-order valence-electron chi connectivity index (χ0n) is 11.5. The molecule has 0 unspecified atom stereocenters. The highest BCUT2D eigenvalue weighted by atomic mass is 32.2. The van der Waals surface area contributed by atoms with Gasteiger partial charge in [-0.05, 0) is 43.6 Å². The number of thioether (sulfide) groups is 1. The Kier molecular flexibility index (Phi) is 5.37. The van der Waals surface area contributed by atoms with Crippen molar-refractivity contribution in [2.45, 2.75) is 43.5 Å². The molecular formula is C14H19FN2O2S. The number of nitro benzene ring substituents is 1. The maximum Gasteiger partial charge on any atom is 0.272 e. The van der Waals surface area contributed by atoms with E-state index in [0.717, 1.165) is 24.2 Å². The van der Waals surface area contributed by atoms with Gasteiger partial charge in [-0.3, -0.25) is 10.1 Å². The van der Waals surface area contributed by atoms with E-state index in [1.54, 1.807) is 0 Å². The Bertz CT molecular complexity index is 476. The Balaban J connectivity index is 1.89. The van der Waals surface area contributed by atoms with Gasteiger partial charge in [0, 0.05) is 23.9 Å². The second-order valence-electron chi connectivity index (χ2n) is 5.17. The van der Waals surface area contributed by atoms with E-state index in [-0.39, 0.29) is 5.69 Å². The van der Waals surface area contributed by atoms with Crippen LogP contribution >= 0.6 is 11.8 Å². The number of nitrogens with zero attached hydrogens (tertiary/aromatic N) is 1. The van der Waals surface area contributed by atoms with Gasteiger partial charge in [0.05, 0.1) is 11.0 Å². The van der Waals surface area contributed by atoms with Gasteiger partial charge in [0.15, 0.2) is 0 Å². The Morgan fingerprint density at radius 3 is 2.65 bits per heavy atom. The lowest BCUT2D eigenvalue weighted by Gasteiger charge is -2.28. The summed E-state index contributed by atoms with van der Waals surface area (Å²) < 4.78 is 13.3. The molecule has 1 N–H and O–H groups in total. The topological polar surface area (TPSA) is 55.2 Å². The highest BCUT2D eigenvalue weighted by Crippen LogP contribution is 2.27. The number of nitro groups is 1. The molecule has 6 heteroatoms. The van der Waals surface area contributed by atoms with Gasteiger partial charge in [-0.1, -0.05) is 0 Å². The Labute approximate surface area is 122 Å². The Hall–Kier alpha value is -1.14. The molecule has 2 rings (SSSR count). The van der Waals surface area contributed by atoms with Crippen molar-refractivity contribution in [3.63, 3.8) is 0 Å². The van der Waals surface area contributed by atoms with Crippen LogP contribution < -0.4 is 5.32 Å². The van der Waals surface area contributed by atoms with Crippen LogP contribution in [0.3, 0.4) is 0 Å². The van der Waals surface area contributed by atoms with Crippen molar-refractivity contribution < 1.29 is 9.31 Å². The van der Waals surface area contributed by atoms with Crippen molar-refractivity contribution >= 4 is 17.4 Å². The van der Waals surface area contributed by atoms with Gasteiger partial charge in [0.25, 0.3) is 5.69 Å². The summed E-state index contributed by atoms with van der Waals surface area (Å²) in [6, 6.07) is 4.17. The lowest BCUT2D eigenvalue weighted by molar-refractivity contribution is -0.385. The largest absolute Gasteiger partial charge is 0.310 e. The van der Waals surface area contributed by atoms with Crippen molar-refractivity contribution in [2.24, 2.45) is 0 Å². The summed E-state index contributed by atoms with van der Waals surface area (Å²) in [7, 11) is 0. The van der Waals surface area contributed by atoms with Crippen molar-refractivity contribution in [3.05, 3.63) is 39.7 Å². The zero-order valence-corrected chi connectivity index (χ0v) is 12.3. The first-order valence-electron chi connectivity index (χ1n) is 6.78. The van der Waals surface area contributed by atoms with Crippen LogP contribution in [0.25, 0.3) is 0 Å². The molecule has 110 valence electrons. The van der Waals surface area contributed by atoms with Crippen LogP contribution in [0, 0.1) is 15.9 Å². The van der Waals surface area contributed by atoms with Gasteiger partial charge in [0.1, 0.15) is 5.82 Å². The van der Waals surface area contributed by atoms with Crippen LogP contribution in [0.1, 0.15) is 31.2 Å². The first-order chi connectivity index (χ1) is 9.58. The van der Waals surface area contributed by atoms with Gasteiger partial charge in [-0.15, -0.1) is 0 Å². The van der Waals surface area contributed by atoms with Crippen molar-refractivity contribution in [2.75, 3.05) is 6.26 Å². The minimum absolute atomic E-state index is 0.187. The first kappa shape index (κ1) is 15.3. The van der Waals surface area contributed by atoms with E-state index in [1.165, 1.54) is 25.0 Å². The van der Waals surface area contributed by atoms with Gasteiger partial charge in [-0.2, -0.15) is 11.8 Å². The predicted octanol–water partition coefficient (Wildman–Crippen LogP) is 3.50. The highest BCUT2D eigenvalue weighted by molar-refractivity contribution is 7.99. The van der Waals surface area contributed by atoms with Crippen LogP contribution in [0.2, 0.25) is 0 Å². The molecule has 1 aromatic rings. The second-order valence-corrected chi connectivity index (χ2v) is 6.30. The SMILES string of the molecule is CSC1CCC(NCc2cc(F)cc([N+](=O)[O-])c2)CC1. The first-order valence-corrected chi connectivity index (χ1v) is 8.07. The summed E-state index contributed by atoms with van der Waals surface area (Å²) in [4.78, 5) is 10.1. The molecule has 20 heavy (non-hydrogen) atoms. The minimum atomic E-state index is -0.559. The lowest BCUT2D eigenvalue weighted by Crippen LogP contribution is -2.33. The molecule has 4 nitrogen and oxygen atoms in total. The minimum Gasteiger partial charge on any atom is -0.310 e. The maximum absolute atomic E-state index is 13.3. The molecular weight excluding hydrogens is 279 g/mol. The van der Waals surface area contributed by atoms with Crippen molar-refractivity contribution in [1.29, 1.82) is 0 Å². The summed E-state index contributed by atoms with van der Waals surface area (Å²) in [6.07, 6.45) is 6.76. The third kappa shape index (κ3) is 4.18. The molecule has 0 aromatic heterocycles. The van der Waals surface area contributed by atoms with Crippen molar-refractivity contribution in [3.8, 4) is 0 Å². The van der Waals surface area contributed by atoms with E-state index in [2.05, 4.69) is 11.6 Å². The average Bonchev–Trinajstić information content (AvgIpc) is 2.45. The number of nitrogens with one attached hydrogen (secondary N) is 1. The molecule has 0 bridgehead atoms. The van der Waals surface area contributed by atoms with E-state index >= 15 is 0 Å². The van der Waals surface area contributed by atoms with Crippen LogP contribution in [0.15, 0.2) is 18.2 Å². The fraction of sp³-hybridized carbons (Fsp3) is 0.571. The molecule has 0 saturated heterocycles. The predicted molar refractivity (Wildman–Crippen MR) is 79.5 cm³/mol. The highest BCUT2D eigenvalue weighted by Gasteiger charge is 2.20. The smallest absolute Gasteiger partial charge is 0.272 e. The second kappa shape index (κ2) is 7.04. The molecule has 0 heterocycles. The summed E-state index contributed by atoms with van der Waals surface area (Å²) in [5.41, 5.74) is 0.441. The number of non-ortho nitro benzene ring substituents is 1. The zero-order chi connectivity index (χ0) is 14.5. The van der Waals surface area contributed by atoms with Crippen molar-refractivity contribution in [1.82, 2.24) is 5.32 Å². The molecule has 1 aliphatic rings. The van der Waals surface area contributed by atoms with E-state index < -0.39 is 10.7 Å². The van der Waals surface area contributed by atoms with E-state index in [1.807, 2.05) is 11.8 Å². The van der Waals surface area contributed by atoms with Crippen LogP contribution in [-0.2, 0) is 6.54 Å². The van der Waals surface area contributed by atoms with Gasteiger partial charge < -0.3 is 5.32 Å².